The first-order chi connectivity index (χ1) is 9.66. The minimum atomic E-state index is -4.14. The first-order valence-corrected chi connectivity index (χ1v) is 7.45. The molecule has 0 spiro atoms. The Bertz CT molecular complexity index is 289. The fourth-order valence-corrected chi connectivity index (χ4v) is 3.32. The maximum atomic E-state index is 12.5. The molecule has 21 heavy (non-hydrogen) atoms. The first-order valence-electron chi connectivity index (χ1n) is 7.45. The molecule has 0 unspecified atom stereocenters. The smallest absolute Gasteiger partial charge is 0.375 e. The minimum Gasteiger partial charge on any atom is -0.375 e. The van der Waals surface area contributed by atoms with E-state index >= 15 is 0 Å². The molecule has 7 heteroatoms. The third-order valence-electron chi connectivity index (χ3n) is 4.66. The molecular formula is C14H20F6O. The SMILES string of the molecule is FC(F)(F)C1CCC(OC2CCC(C(F)(F)F)CC2)CC1. The van der Waals surface area contributed by atoms with Crippen molar-refractivity contribution in [1.82, 2.24) is 0 Å². The fourth-order valence-electron chi connectivity index (χ4n) is 3.32. The Labute approximate surface area is 120 Å². The molecule has 0 aliphatic heterocycles. The van der Waals surface area contributed by atoms with E-state index in [0.29, 0.717) is 25.7 Å². The Morgan fingerprint density at radius 3 is 1.05 bits per heavy atom. The van der Waals surface area contributed by atoms with E-state index in [4.69, 9.17) is 4.74 Å². The Hall–Kier alpha value is -0.460. The number of hydrogen-bond acceptors (Lipinski definition) is 1. The van der Waals surface area contributed by atoms with Crippen molar-refractivity contribution in [3.05, 3.63) is 0 Å². The summed E-state index contributed by atoms with van der Waals surface area (Å²) in [7, 11) is 0. The molecule has 2 fully saturated rings. The summed E-state index contributed by atoms with van der Waals surface area (Å²) in [6, 6.07) is 0. The highest BCUT2D eigenvalue weighted by molar-refractivity contribution is 4.81. The van der Waals surface area contributed by atoms with Crippen LogP contribution in [-0.4, -0.2) is 24.6 Å². The van der Waals surface area contributed by atoms with Gasteiger partial charge in [0.15, 0.2) is 0 Å². The lowest BCUT2D eigenvalue weighted by Crippen LogP contribution is -2.35. The Balaban J connectivity index is 1.71. The van der Waals surface area contributed by atoms with Crippen molar-refractivity contribution in [2.24, 2.45) is 11.8 Å². The molecule has 0 radical (unpaired) electrons. The van der Waals surface area contributed by atoms with E-state index in [1.54, 1.807) is 0 Å². The van der Waals surface area contributed by atoms with Crippen molar-refractivity contribution in [3.8, 4) is 0 Å². The summed E-state index contributed by atoms with van der Waals surface area (Å²) in [4.78, 5) is 0. The largest absolute Gasteiger partial charge is 0.391 e. The van der Waals surface area contributed by atoms with Gasteiger partial charge in [-0.05, 0) is 51.4 Å². The van der Waals surface area contributed by atoms with Crippen LogP contribution in [0, 0.1) is 11.8 Å². The number of halogens is 6. The van der Waals surface area contributed by atoms with Crippen LogP contribution in [0.5, 0.6) is 0 Å². The predicted molar refractivity (Wildman–Crippen MR) is 64.7 cm³/mol. The van der Waals surface area contributed by atoms with Gasteiger partial charge in [-0.2, -0.15) is 26.3 Å². The van der Waals surface area contributed by atoms with Crippen LogP contribution in [0.25, 0.3) is 0 Å². The summed E-state index contributed by atoms with van der Waals surface area (Å²) in [5.74, 6) is -2.50. The highest BCUT2D eigenvalue weighted by Gasteiger charge is 2.43. The summed E-state index contributed by atoms with van der Waals surface area (Å²) < 4.78 is 80.9. The standard InChI is InChI=1S/C14H20F6O/c15-13(16,17)9-1-5-11(6-2-9)21-12-7-3-10(4-8-12)14(18,19)20/h9-12H,1-8H2. The lowest BCUT2D eigenvalue weighted by Gasteiger charge is -2.35. The average Bonchev–Trinajstić information content (AvgIpc) is 2.38. The van der Waals surface area contributed by atoms with Gasteiger partial charge in [0, 0.05) is 0 Å². The number of ether oxygens (including phenoxy) is 1. The lowest BCUT2D eigenvalue weighted by atomic mass is 9.85. The highest BCUT2D eigenvalue weighted by Crippen LogP contribution is 2.41. The van der Waals surface area contributed by atoms with E-state index in [0.717, 1.165) is 0 Å². The zero-order valence-corrected chi connectivity index (χ0v) is 11.6. The average molecular weight is 318 g/mol. The van der Waals surface area contributed by atoms with Gasteiger partial charge in [-0.1, -0.05) is 0 Å². The zero-order chi connectivity index (χ0) is 15.7. The van der Waals surface area contributed by atoms with Gasteiger partial charge in [0.25, 0.3) is 0 Å². The van der Waals surface area contributed by atoms with Crippen molar-refractivity contribution in [3.63, 3.8) is 0 Å². The Morgan fingerprint density at radius 2 is 0.810 bits per heavy atom. The van der Waals surface area contributed by atoms with Crippen molar-refractivity contribution in [1.29, 1.82) is 0 Å². The molecule has 0 saturated heterocycles. The van der Waals surface area contributed by atoms with Crippen LogP contribution in [0.3, 0.4) is 0 Å². The first kappa shape index (κ1) is 16.9. The van der Waals surface area contributed by atoms with E-state index in [9.17, 15) is 26.3 Å². The molecular weight excluding hydrogens is 298 g/mol. The molecule has 2 saturated carbocycles. The molecule has 2 aliphatic rings. The lowest BCUT2D eigenvalue weighted by molar-refractivity contribution is -0.196. The van der Waals surface area contributed by atoms with Gasteiger partial charge >= 0.3 is 12.4 Å². The molecule has 0 bridgehead atoms. The van der Waals surface area contributed by atoms with E-state index in [1.165, 1.54) is 0 Å². The van der Waals surface area contributed by atoms with Gasteiger partial charge in [0.1, 0.15) is 0 Å². The second kappa shape index (κ2) is 6.34. The summed E-state index contributed by atoms with van der Waals surface area (Å²) in [5, 5.41) is 0. The maximum Gasteiger partial charge on any atom is 0.391 e. The summed E-state index contributed by atoms with van der Waals surface area (Å²) in [5.41, 5.74) is 0. The molecule has 2 aliphatic carbocycles. The monoisotopic (exact) mass is 318 g/mol. The van der Waals surface area contributed by atoms with Gasteiger partial charge < -0.3 is 4.74 Å². The van der Waals surface area contributed by atoms with E-state index in [1.807, 2.05) is 0 Å². The van der Waals surface area contributed by atoms with Gasteiger partial charge in [0.05, 0.1) is 24.0 Å². The molecule has 0 aromatic heterocycles. The number of hydrogen-bond donors (Lipinski definition) is 0. The fraction of sp³-hybridized carbons (Fsp3) is 1.00. The molecule has 124 valence electrons. The van der Waals surface area contributed by atoms with E-state index < -0.39 is 24.2 Å². The van der Waals surface area contributed by atoms with Crippen molar-refractivity contribution >= 4 is 0 Å². The van der Waals surface area contributed by atoms with E-state index in [-0.39, 0.29) is 37.9 Å². The van der Waals surface area contributed by atoms with Crippen LogP contribution in [0.4, 0.5) is 26.3 Å². The third-order valence-corrected chi connectivity index (χ3v) is 4.66. The van der Waals surface area contributed by atoms with Crippen LogP contribution >= 0.6 is 0 Å². The quantitative estimate of drug-likeness (QED) is 0.632. The molecule has 2 rings (SSSR count). The van der Waals surface area contributed by atoms with Crippen molar-refractivity contribution in [2.45, 2.75) is 75.9 Å². The molecule has 0 aromatic carbocycles. The molecule has 1 nitrogen and oxygen atoms in total. The predicted octanol–water partition coefficient (Wildman–Crippen LogP) is 5.25. The molecule has 0 aromatic rings. The Kier molecular flexibility index (Phi) is 5.11. The topological polar surface area (TPSA) is 9.23 Å². The summed E-state index contributed by atoms with van der Waals surface area (Å²) in [6.07, 6.45) is -7.09. The summed E-state index contributed by atoms with van der Waals surface area (Å²) >= 11 is 0. The van der Waals surface area contributed by atoms with Crippen molar-refractivity contribution < 1.29 is 31.1 Å². The van der Waals surface area contributed by atoms with Crippen LogP contribution in [0.1, 0.15) is 51.4 Å². The highest BCUT2D eigenvalue weighted by atomic mass is 19.4. The Morgan fingerprint density at radius 1 is 0.524 bits per heavy atom. The normalized spacial score (nSPS) is 35.7. The third kappa shape index (κ3) is 4.76. The maximum absolute atomic E-state index is 12.5. The zero-order valence-electron chi connectivity index (χ0n) is 11.6. The van der Waals surface area contributed by atoms with Crippen LogP contribution < -0.4 is 0 Å². The molecule has 0 N–H and O–H groups in total. The van der Waals surface area contributed by atoms with Crippen LogP contribution in [0.2, 0.25) is 0 Å². The van der Waals surface area contributed by atoms with Gasteiger partial charge in [-0.15, -0.1) is 0 Å². The summed E-state index contributed by atoms with van der Waals surface area (Å²) in [6.45, 7) is 0. The van der Waals surface area contributed by atoms with E-state index in [2.05, 4.69) is 0 Å². The van der Waals surface area contributed by atoms with Gasteiger partial charge in [-0.25, -0.2) is 0 Å². The number of rotatable bonds is 2. The molecule has 0 heterocycles. The van der Waals surface area contributed by atoms with Crippen LogP contribution in [-0.2, 0) is 4.74 Å². The second-order valence-electron chi connectivity index (χ2n) is 6.17. The number of alkyl halides is 6. The molecule has 0 atom stereocenters. The molecule has 0 amide bonds. The minimum absolute atomic E-state index is 0.0616. The van der Waals surface area contributed by atoms with Gasteiger partial charge in [-0.3, -0.25) is 0 Å². The van der Waals surface area contributed by atoms with Crippen molar-refractivity contribution in [2.75, 3.05) is 0 Å². The van der Waals surface area contributed by atoms with Gasteiger partial charge in [0.2, 0.25) is 0 Å². The second-order valence-corrected chi connectivity index (χ2v) is 6.17. The van der Waals surface area contributed by atoms with Crippen LogP contribution in [0.15, 0.2) is 0 Å².